The normalized spacial score (nSPS) is 27.7. The highest BCUT2D eigenvalue weighted by Crippen LogP contribution is 2.31. The molecule has 3 nitrogen and oxygen atoms in total. The predicted octanol–water partition coefficient (Wildman–Crippen LogP) is 1.28. The lowest BCUT2D eigenvalue weighted by Crippen LogP contribution is -2.35. The van der Waals surface area contributed by atoms with Crippen LogP contribution in [0.4, 0.5) is 0 Å². The fourth-order valence-electron chi connectivity index (χ4n) is 2.05. The van der Waals surface area contributed by atoms with E-state index in [0.717, 1.165) is 18.7 Å². The first-order valence-electron chi connectivity index (χ1n) is 5.70. The third-order valence-corrected chi connectivity index (χ3v) is 4.43. The Kier molecular flexibility index (Phi) is 3.92. The molecule has 1 aliphatic carbocycles. The highest BCUT2D eigenvalue weighted by molar-refractivity contribution is 7.99. The number of nitrogens with one attached hydrogen (secondary N) is 1. The second kappa shape index (κ2) is 5.21. The van der Waals surface area contributed by atoms with Crippen LogP contribution in [0.5, 0.6) is 0 Å². The number of carbonyl (C=O) groups is 1. The van der Waals surface area contributed by atoms with Gasteiger partial charge in [0, 0.05) is 12.6 Å². The van der Waals surface area contributed by atoms with Gasteiger partial charge in [-0.05, 0) is 36.7 Å². The summed E-state index contributed by atoms with van der Waals surface area (Å²) in [7, 11) is 1.49. The Morgan fingerprint density at radius 1 is 1.53 bits per heavy atom. The largest absolute Gasteiger partial charge is 0.469 e. The van der Waals surface area contributed by atoms with E-state index in [4.69, 9.17) is 4.74 Å². The number of thioether (sulfide) groups is 1. The van der Waals surface area contributed by atoms with E-state index in [2.05, 4.69) is 5.32 Å². The summed E-state index contributed by atoms with van der Waals surface area (Å²) in [5.74, 6) is 2.88. The third-order valence-electron chi connectivity index (χ3n) is 3.24. The van der Waals surface area contributed by atoms with Gasteiger partial charge in [0.2, 0.25) is 0 Å². The van der Waals surface area contributed by atoms with E-state index in [1.165, 1.54) is 25.7 Å². The Labute approximate surface area is 95.3 Å². The Hall–Kier alpha value is -0.220. The van der Waals surface area contributed by atoms with Crippen LogP contribution in [0.15, 0.2) is 0 Å². The molecular weight excluding hydrogens is 210 g/mol. The van der Waals surface area contributed by atoms with E-state index < -0.39 is 0 Å². The van der Waals surface area contributed by atoms with E-state index in [0.29, 0.717) is 12.0 Å². The summed E-state index contributed by atoms with van der Waals surface area (Å²) < 4.78 is 4.89. The first-order valence-corrected chi connectivity index (χ1v) is 6.85. The molecule has 0 bridgehead atoms. The molecule has 0 amide bonds. The van der Waals surface area contributed by atoms with E-state index in [9.17, 15) is 4.79 Å². The number of methoxy groups -OCH3 is 1. The van der Waals surface area contributed by atoms with E-state index in [1.807, 2.05) is 11.8 Å². The maximum atomic E-state index is 11.7. The molecule has 1 heterocycles. The Morgan fingerprint density at radius 3 is 2.87 bits per heavy atom. The quantitative estimate of drug-likeness (QED) is 0.721. The van der Waals surface area contributed by atoms with Gasteiger partial charge in [-0.3, -0.25) is 4.79 Å². The smallest absolute Gasteiger partial charge is 0.310 e. The van der Waals surface area contributed by atoms with Gasteiger partial charge in [0.05, 0.1) is 13.0 Å². The summed E-state index contributed by atoms with van der Waals surface area (Å²) >= 11 is 1.95. The SMILES string of the molecule is COC(=O)C(CNC1CC1)C1CCSC1. The minimum atomic E-state index is -0.0318. The van der Waals surface area contributed by atoms with Crippen molar-refractivity contribution in [2.75, 3.05) is 25.2 Å². The van der Waals surface area contributed by atoms with Crippen LogP contribution in [0.3, 0.4) is 0 Å². The third kappa shape index (κ3) is 3.11. The molecule has 86 valence electrons. The molecule has 15 heavy (non-hydrogen) atoms. The average molecular weight is 229 g/mol. The van der Waals surface area contributed by atoms with Crippen LogP contribution in [-0.2, 0) is 9.53 Å². The molecule has 0 spiro atoms. The average Bonchev–Trinajstić information content (AvgIpc) is 2.92. The first kappa shape index (κ1) is 11.3. The molecule has 2 unspecified atom stereocenters. The fraction of sp³-hybridized carbons (Fsp3) is 0.909. The molecule has 2 atom stereocenters. The summed E-state index contributed by atoms with van der Waals surface area (Å²) in [6, 6.07) is 0.672. The zero-order chi connectivity index (χ0) is 10.7. The topological polar surface area (TPSA) is 38.3 Å². The standard InChI is InChI=1S/C11H19NO2S/c1-14-11(13)10(6-12-9-2-3-9)8-4-5-15-7-8/h8-10,12H,2-7H2,1H3. The van der Waals surface area contributed by atoms with Gasteiger partial charge in [0.15, 0.2) is 0 Å². The molecule has 1 N–H and O–H groups in total. The van der Waals surface area contributed by atoms with E-state index >= 15 is 0 Å². The van der Waals surface area contributed by atoms with Crippen molar-refractivity contribution >= 4 is 17.7 Å². The van der Waals surface area contributed by atoms with Crippen LogP contribution in [0, 0.1) is 11.8 Å². The Morgan fingerprint density at radius 2 is 2.33 bits per heavy atom. The lowest BCUT2D eigenvalue weighted by molar-refractivity contribution is -0.146. The minimum absolute atomic E-state index is 0.0318. The molecule has 1 saturated carbocycles. The molecule has 1 saturated heterocycles. The van der Waals surface area contributed by atoms with Crippen LogP contribution >= 0.6 is 11.8 Å². The van der Waals surface area contributed by atoms with E-state index in [-0.39, 0.29) is 11.9 Å². The molecule has 2 fully saturated rings. The van der Waals surface area contributed by atoms with Crippen LogP contribution in [-0.4, -0.2) is 37.2 Å². The second-order valence-electron chi connectivity index (χ2n) is 4.44. The summed E-state index contributed by atoms with van der Waals surface area (Å²) in [5.41, 5.74) is 0. The summed E-state index contributed by atoms with van der Waals surface area (Å²) in [6.07, 6.45) is 3.71. The zero-order valence-electron chi connectivity index (χ0n) is 9.20. The van der Waals surface area contributed by atoms with Crippen molar-refractivity contribution < 1.29 is 9.53 Å². The van der Waals surface area contributed by atoms with Crippen molar-refractivity contribution in [1.29, 1.82) is 0 Å². The minimum Gasteiger partial charge on any atom is -0.469 e. The number of esters is 1. The number of ether oxygens (including phenoxy) is 1. The van der Waals surface area contributed by atoms with Crippen molar-refractivity contribution in [3.05, 3.63) is 0 Å². The van der Waals surface area contributed by atoms with Crippen LogP contribution in [0.25, 0.3) is 0 Å². The van der Waals surface area contributed by atoms with Gasteiger partial charge in [-0.1, -0.05) is 0 Å². The Bertz CT molecular complexity index is 225. The predicted molar refractivity (Wildman–Crippen MR) is 62.0 cm³/mol. The van der Waals surface area contributed by atoms with Crippen molar-refractivity contribution in [2.45, 2.75) is 25.3 Å². The molecule has 1 aliphatic heterocycles. The van der Waals surface area contributed by atoms with Crippen molar-refractivity contribution in [3.8, 4) is 0 Å². The van der Waals surface area contributed by atoms with Crippen molar-refractivity contribution in [3.63, 3.8) is 0 Å². The fourth-order valence-corrected chi connectivity index (χ4v) is 3.38. The van der Waals surface area contributed by atoms with E-state index in [1.54, 1.807) is 0 Å². The molecular formula is C11H19NO2S. The van der Waals surface area contributed by atoms with Gasteiger partial charge in [0.25, 0.3) is 0 Å². The molecule has 0 aromatic rings. The van der Waals surface area contributed by atoms with Crippen molar-refractivity contribution in [1.82, 2.24) is 5.32 Å². The monoisotopic (exact) mass is 229 g/mol. The molecule has 4 heteroatoms. The van der Waals surface area contributed by atoms with Crippen LogP contribution in [0.1, 0.15) is 19.3 Å². The zero-order valence-corrected chi connectivity index (χ0v) is 10.0. The molecule has 2 aliphatic rings. The van der Waals surface area contributed by atoms with Gasteiger partial charge in [0.1, 0.15) is 0 Å². The van der Waals surface area contributed by atoms with Gasteiger partial charge >= 0.3 is 5.97 Å². The molecule has 0 aromatic carbocycles. The van der Waals surface area contributed by atoms with Crippen LogP contribution < -0.4 is 5.32 Å². The highest BCUT2D eigenvalue weighted by atomic mass is 32.2. The molecule has 0 aromatic heterocycles. The lowest BCUT2D eigenvalue weighted by Gasteiger charge is -2.20. The summed E-state index contributed by atoms with van der Waals surface area (Å²) in [5, 5.41) is 3.44. The lowest BCUT2D eigenvalue weighted by atomic mass is 9.91. The van der Waals surface area contributed by atoms with Gasteiger partial charge in [-0.15, -0.1) is 0 Å². The number of hydrogen-bond donors (Lipinski definition) is 1. The number of carbonyl (C=O) groups excluding carboxylic acids is 1. The maximum Gasteiger partial charge on any atom is 0.310 e. The Balaban J connectivity index is 1.84. The molecule has 0 radical (unpaired) electrons. The second-order valence-corrected chi connectivity index (χ2v) is 5.59. The first-order chi connectivity index (χ1) is 7.31. The highest BCUT2D eigenvalue weighted by Gasteiger charge is 2.33. The summed E-state index contributed by atoms with van der Waals surface area (Å²) in [6.45, 7) is 0.808. The van der Waals surface area contributed by atoms with Gasteiger partial charge in [-0.25, -0.2) is 0 Å². The maximum absolute atomic E-state index is 11.7. The number of hydrogen-bond acceptors (Lipinski definition) is 4. The van der Waals surface area contributed by atoms with Gasteiger partial charge in [-0.2, -0.15) is 11.8 Å². The van der Waals surface area contributed by atoms with Gasteiger partial charge < -0.3 is 10.1 Å². The van der Waals surface area contributed by atoms with Crippen molar-refractivity contribution in [2.24, 2.45) is 11.8 Å². The molecule has 2 rings (SSSR count). The number of rotatable bonds is 5. The van der Waals surface area contributed by atoms with Crippen LogP contribution in [0.2, 0.25) is 0 Å². The summed E-state index contributed by atoms with van der Waals surface area (Å²) in [4.78, 5) is 11.7.